The van der Waals surface area contributed by atoms with Crippen molar-refractivity contribution >= 4 is 58.1 Å². The van der Waals surface area contributed by atoms with E-state index >= 15 is 0 Å². The summed E-state index contributed by atoms with van der Waals surface area (Å²) in [4.78, 5) is 58.4. The maximum absolute atomic E-state index is 13.0. The zero-order valence-corrected chi connectivity index (χ0v) is 20.3. The first-order valence-electron chi connectivity index (χ1n) is 11.0. The number of carbonyl (C=O) groups excluding carboxylic acids is 3. The lowest BCUT2D eigenvalue weighted by molar-refractivity contribution is -0.150. The highest BCUT2D eigenvalue weighted by Gasteiger charge is 2.53. The fourth-order valence-electron chi connectivity index (χ4n) is 3.51. The van der Waals surface area contributed by atoms with E-state index in [2.05, 4.69) is 27.7 Å². The molecule has 2 atom stereocenters. The Kier molecular flexibility index (Phi) is 9.45. The van der Waals surface area contributed by atoms with Crippen LogP contribution in [-0.4, -0.2) is 68.7 Å². The zero-order valence-electron chi connectivity index (χ0n) is 18.7. The fourth-order valence-corrected chi connectivity index (χ4v) is 5.36. The summed E-state index contributed by atoms with van der Waals surface area (Å²) in [5, 5.41) is 19.6. The minimum Gasteiger partial charge on any atom is -0.477 e. The maximum atomic E-state index is 13.0. The van der Waals surface area contributed by atoms with Gasteiger partial charge in [-0.05, 0) is 18.9 Å². The van der Waals surface area contributed by atoms with Crippen LogP contribution in [0.15, 0.2) is 22.3 Å². The first-order valence-corrected chi connectivity index (χ1v) is 13.0. The zero-order chi connectivity index (χ0) is 24.5. The minimum absolute atomic E-state index is 0.0838. The molecule has 3 rings (SSSR count). The maximum Gasteiger partial charge on any atom is 0.352 e. The van der Waals surface area contributed by atoms with E-state index in [9.17, 15) is 24.3 Å². The van der Waals surface area contributed by atoms with Gasteiger partial charge in [0.2, 0.25) is 6.41 Å². The number of thiazole rings is 1. The Hall–Kier alpha value is -2.93. The number of amides is 3. The number of aromatic nitrogens is 1. The van der Waals surface area contributed by atoms with Crippen LogP contribution in [-0.2, 0) is 24.0 Å². The summed E-state index contributed by atoms with van der Waals surface area (Å²) >= 11 is 2.47. The van der Waals surface area contributed by atoms with Crippen molar-refractivity contribution in [2.75, 3.05) is 17.7 Å². The molecule has 1 saturated heterocycles. The van der Waals surface area contributed by atoms with Crippen LogP contribution >= 0.6 is 23.1 Å². The van der Waals surface area contributed by atoms with Crippen molar-refractivity contribution in [3.63, 3.8) is 0 Å². The van der Waals surface area contributed by atoms with E-state index < -0.39 is 29.2 Å². The summed E-state index contributed by atoms with van der Waals surface area (Å²) in [6, 6.07) is -0.893. The molecule has 3 heterocycles. The molecule has 0 radical (unpaired) electrons. The van der Waals surface area contributed by atoms with Crippen molar-refractivity contribution in [2.45, 2.75) is 56.9 Å². The van der Waals surface area contributed by atoms with Crippen molar-refractivity contribution < 1.29 is 29.1 Å². The summed E-state index contributed by atoms with van der Waals surface area (Å²) in [7, 11) is 0. The first-order chi connectivity index (χ1) is 16.5. The third-order valence-electron chi connectivity index (χ3n) is 5.24. The van der Waals surface area contributed by atoms with Gasteiger partial charge in [-0.3, -0.25) is 19.3 Å². The summed E-state index contributed by atoms with van der Waals surface area (Å²) in [6.45, 7) is 2.48. The SMILES string of the molecule is CCCCCCCCON=C(C(=O)NC1C(=O)N2C(C(=O)O)=CCS[C@H]12)c1csc(NC=O)n1. The predicted octanol–water partition coefficient (Wildman–Crippen LogP) is 2.16. The number of aliphatic carboxylic acids is 1. The lowest BCUT2D eigenvalue weighted by Gasteiger charge is -2.48. The number of carbonyl (C=O) groups is 4. The molecule has 0 aromatic carbocycles. The molecule has 0 bridgehead atoms. The van der Waals surface area contributed by atoms with Gasteiger partial charge in [0.05, 0.1) is 0 Å². The van der Waals surface area contributed by atoms with Crippen LogP contribution in [0, 0.1) is 0 Å². The smallest absolute Gasteiger partial charge is 0.352 e. The van der Waals surface area contributed by atoms with Gasteiger partial charge in [0.1, 0.15) is 29.4 Å². The number of fused-ring (bicyclic) bond motifs is 1. The van der Waals surface area contributed by atoms with Crippen molar-refractivity contribution in [1.29, 1.82) is 0 Å². The molecule has 0 spiro atoms. The fraction of sp³-hybridized carbons (Fsp3) is 0.524. The van der Waals surface area contributed by atoms with Gasteiger partial charge in [-0.1, -0.05) is 37.8 Å². The van der Waals surface area contributed by atoms with E-state index in [1.165, 1.54) is 42.0 Å². The molecule has 184 valence electrons. The highest BCUT2D eigenvalue weighted by Crippen LogP contribution is 2.37. The summed E-state index contributed by atoms with van der Waals surface area (Å²) in [5.74, 6) is -1.95. The normalized spacial score (nSPS) is 19.6. The van der Waals surface area contributed by atoms with Gasteiger partial charge in [-0.15, -0.1) is 23.1 Å². The molecule has 2 aliphatic rings. The molecular weight excluding hydrogens is 482 g/mol. The first kappa shape index (κ1) is 25.7. The molecule has 1 fully saturated rings. The van der Waals surface area contributed by atoms with Crippen LogP contribution in [0.5, 0.6) is 0 Å². The van der Waals surface area contributed by atoms with Crippen LogP contribution in [0.1, 0.15) is 51.1 Å². The highest BCUT2D eigenvalue weighted by molar-refractivity contribution is 8.00. The molecule has 0 aliphatic carbocycles. The molecule has 1 unspecified atom stereocenters. The molecule has 1 aromatic heterocycles. The van der Waals surface area contributed by atoms with E-state index in [-0.39, 0.29) is 22.2 Å². The third kappa shape index (κ3) is 6.14. The monoisotopic (exact) mass is 509 g/mol. The number of nitrogens with zero attached hydrogens (tertiary/aromatic N) is 3. The van der Waals surface area contributed by atoms with Gasteiger partial charge in [0.15, 0.2) is 10.8 Å². The Labute approximate surface area is 205 Å². The topological polar surface area (TPSA) is 150 Å². The molecule has 1 aromatic rings. The molecule has 13 heteroatoms. The highest BCUT2D eigenvalue weighted by atomic mass is 32.2. The lowest BCUT2D eigenvalue weighted by Crippen LogP contribution is -2.70. The quantitative estimate of drug-likeness (QED) is 0.113. The Morgan fingerprint density at radius 1 is 1.32 bits per heavy atom. The summed E-state index contributed by atoms with van der Waals surface area (Å²) in [5.41, 5.74) is -0.0115. The second-order valence-corrected chi connectivity index (χ2v) is 9.63. The number of unbranched alkanes of at least 4 members (excludes halogenated alkanes) is 5. The number of oxime groups is 1. The molecule has 3 N–H and O–H groups in total. The number of carboxylic acids is 1. The van der Waals surface area contributed by atoms with Crippen LogP contribution in [0.2, 0.25) is 0 Å². The van der Waals surface area contributed by atoms with Gasteiger partial charge in [0.25, 0.3) is 11.8 Å². The molecule has 11 nitrogen and oxygen atoms in total. The molecule has 3 amide bonds. The van der Waals surface area contributed by atoms with Crippen LogP contribution < -0.4 is 10.6 Å². The van der Waals surface area contributed by atoms with E-state index in [4.69, 9.17) is 4.84 Å². The number of nitrogens with one attached hydrogen (secondary N) is 2. The number of rotatable bonds is 14. The standard InChI is InChI=1S/C21H27N5O6S2/c1-2-3-4-5-6-7-9-32-25-15(13-11-34-21(23-13)22-12-27)17(28)24-16-18(29)26-14(20(30)31)8-10-33-19(16)26/h8,11-12,16,19H,2-7,9-10H2,1H3,(H,24,28)(H,30,31)(H,22,23,27)/t16?,19-/m1/s1. The third-order valence-corrected chi connectivity index (χ3v) is 7.20. The van der Waals surface area contributed by atoms with Crippen LogP contribution in [0.4, 0.5) is 5.13 Å². The number of hydrogen-bond acceptors (Lipinski definition) is 9. The summed E-state index contributed by atoms with van der Waals surface area (Å²) in [6.07, 6.45) is 8.37. The van der Waals surface area contributed by atoms with Gasteiger partial charge >= 0.3 is 5.97 Å². The van der Waals surface area contributed by atoms with E-state index in [0.717, 1.165) is 30.6 Å². The molecule has 0 saturated carbocycles. The van der Waals surface area contributed by atoms with Crippen molar-refractivity contribution in [2.24, 2.45) is 5.16 Å². The van der Waals surface area contributed by atoms with Crippen molar-refractivity contribution in [3.8, 4) is 0 Å². The lowest BCUT2D eigenvalue weighted by atomic mass is 10.0. The number of hydrogen-bond donors (Lipinski definition) is 3. The summed E-state index contributed by atoms with van der Waals surface area (Å²) < 4.78 is 0. The second-order valence-electron chi connectivity index (χ2n) is 7.62. The van der Waals surface area contributed by atoms with Gasteiger partial charge in [0, 0.05) is 11.1 Å². The number of thioether (sulfide) groups is 1. The van der Waals surface area contributed by atoms with E-state index in [1.807, 2.05) is 0 Å². The van der Waals surface area contributed by atoms with E-state index in [1.54, 1.807) is 5.38 Å². The Balaban J connectivity index is 1.65. The number of β-lactam (4-membered cyclic amide) rings is 1. The van der Waals surface area contributed by atoms with Gasteiger partial charge < -0.3 is 20.6 Å². The second kappa shape index (κ2) is 12.5. The molecule has 34 heavy (non-hydrogen) atoms. The predicted molar refractivity (Wildman–Crippen MR) is 128 cm³/mol. The largest absolute Gasteiger partial charge is 0.477 e. The average Bonchev–Trinajstić information content (AvgIpc) is 3.29. The van der Waals surface area contributed by atoms with Crippen molar-refractivity contribution in [1.82, 2.24) is 15.2 Å². The van der Waals surface area contributed by atoms with Crippen LogP contribution in [0.25, 0.3) is 0 Å². The average molecular weight is 510 g/mol. The van der Waals surface area contributed by atoms with Gasteiger partial charge in [-0.2, -0.15) is 0 Å². The molecule has 2 aliphatic heterocycles. The van der Waals surface area contributed by atoms with Crippen LogP contribution in [0.3, 0.4) is 0 Å². The minimum atomic E-state index is -1.19. The Bertz CT molecular complexity index is 979. The number of carboxylic acid groups (broad SMARTS) is 1. The Morgan fingerprint density at radius 2 is 2.09 bits per heavy atom. The van der Waals surface area contributed by atoms with Gasteiger partial charge in [-0.25, -0.2) is 9.78 Å². The number of anilines is 1. The van der Waals surface area contributed by atoms with Crippen molar-refractivity contribution in [3.05, 3.63) is 22.8 Å². The Morgan fingerprint density at radius 3 is 2.82 bits per heavy atom. The van der Waals surface area contributed by atoms with E-state index in [0.29, 0.717) is 18.8 Å². The molecular formula is C21H27N5O6S2.